The predicted octanol–water partition coefficient (Wildman–Crippen LogP) is 12.7. The number of amides is 2. The summed E-state index contributed by atoms with van der Waals surface area (Å²) < 4.78 is 68.4. The van der Waals surface area contributed by atoms with E-state index in [9.17, 15) is 9.59 Å². The van der Waals surface area contributed by atoms with Crippen LogP contribution in [0, 0.1) is 34.1 Å². The van der Waals surface area contributed by atoms with Gasteiger partial charge in [0.1, 0.15) is 0 Å². The number of hydrogen-bond acceptors (Lipinski definition) is 2. The van der Waals surface area contributed by atoms with Crippen LogP contribution in [0.4, 0.5) is 28.9 Å². The monoisotopic (exact) mass is 826 g/mol. The number of anilines is 2. The molecule has 2 aliphatic carbocycles. The molecule has 2 aromatic rings. The van der Waals surface area contributed by atoms with Crippen LogP contribution in [0.2, 0.25) is 8.45 Å². The Balaban J connectivity index is 2.12. The fourth-order valence-corrected chi connectivity index (χ4v) is 17.3. The van der Waals surface area contributed by atoms with E-state index in [1.807, 2.05) is 41.5 Å². The molecule has 0 bridgehead atoms. The van der Waals surface area contributed by atoms with E-state index in [2.05, 4.69) is 13.8 Å². The summed E-state index contributed by atoms with van der Waals surface area (Å²) >= 11 is -5.25. The van der Waals surface area contributed by atoms with Crippen LogP contribution in [0.3, 0.4) is 0 Å². The van der Waals surface area contributed by atoms with E-state index in [1.165, 1.54) is 34.1 Å². The van der Waals surface area contributed by atoms with Gasteiger partial charge in [-0.3, -0.25) is 0 Å². The SMILES string of the molecule is CCCCCCN(C(=O)C(C)(CC)CC)c1ccc(F)[c]([Ti]([c]2c(F)ccc(N(CCCCCC)C(=O)C(C)(CC)CC)c2F)([CH]2C=CC=C2)[CH]2C=CC=C2)c1F. The molecule has 2 amide bonds. The molecule has 0 fully saturated rings. The van der Waals surface area contributed by atoms with Gasteiger partial charge in [0.15, 0.2) is 0 Å². The molecule has 0 unspecified atom stereocenters. The third kappa shape index (κ3) is 9.33. The van der Waals surface area contributed by atoms with E-state index in [4.69, 9.17) is 0 Å². The standard InChI is InChI=1S/2C19H28F2NO.2C5H5.Ti/c2*1-5-8-9-10-13-22(18(23)19(4,6-2)7-3)17-12-11-15(20)14-16(17)21;2*1-2-4-5-3-1;/h2*11-12H,5-10,13H2,1-4H3;2*1-5H;. The van der Waals surface area contributed by atoms with Gasteiger partial charge in [-0.1, -0.05) is 0 Å². The first-order valence-electron chi connectivity index (χ1n) is 21.6. The number of unbranched alkanes of at least 4 members (excludes halogenated alkanes) is 6. The molecule has 0 spiro atoms. The summed E-state index contributed by atoms with van der Waals surface area (Å²) in [5.41, 5.74) is -1.74. The Morgan fingerprint density at radius 2 is 0.877 bits per heavy atom. The van der Waals surface area contributed by atoms with Crippen LogP contribution in [0.5, 0.6) is 0 Å². The second kappa shape index (κ2) is 20.6. The summed E-state index contributed by atoms with van der Waals surface area (Å²) in [6.45, 7) is 16.1. The van der Waals surface area contributed by atoms with Crippen LogP contribution in [-0.4, -0.2) is 24.9 Å². The van der Waals surface area contributed by atoms with Crippen LogP contribution in [-0.2, 0) is 26.2 Å². The number of carbonyl (C=O) groups excluding carboxylic acids is 2. The van der Waals surface area contributed by atoms with Crippen LogP contribution in [0.15, 0.2) is 72.9 Å². The number of allylic oxidation sites excluding steroid dienone is 8. The average Bonchev–Trinajstić information content (AvgIpc) is 3.97. The molecular weight excluding hydrogens is 760 g/mol. The molecule has 9 heteroatoms. The Morgan fingerprint density at radius 1 is 0.544 bits per heavy atom. The van der Waals surface area contributed by atoms with Crippen molar-refractivity contribution in [1.82, 2.24) is 0 Å². The first-order chi connectivity index (χ1) is 27.3. The van der Waals surface area contributed by atoms with Crippen LogP contribution >= 0.6 is 0 Å². The molecule has 0 atom stereocenters. The Bertz CT molecular complexity index is 1670. The van der Waals surface area contributed by atoms with Crippen molar-refractivity contribution in [3.05, 3.63) is 96.1 Å². The summed E-state index contributed by atoms with van der Waals surface area (Å²) in [4.78, 5) is 31.9. The van der Waals surface area contributed by atoms with E-state index in [1.54, 1.807) is 48.6 Å². The number of hydrogen-bond donors (Lipinski definition) is 0. The van der Waals surface area contributed by atoms with Gasteiger partial charge in [-0.25, -0.2) is 0 Å². The molecule has 57 heavy (non-hydrogen) atoms. The zero-order valence-corrected chi connectivity index (χ0v) is 37.3. The molecule has 0 saturated heterocycles. The van der Waals surface area contributed by atoms with E-state index in [-0.39, 0.29) is 44.0 Å². The van der Waals surface area contributed by atoms with Gasteiger partial charge in [-0.15, -0.1) is 0 Å². The van der Waals surface area contributed by atoms with Crippen LogP contribution in [0.1, 0.15) is 132 Å². The van der Waals surface area contributed by atoms with E-state index >= 15 is 17.6 Å². The quantitative estimate of drug-likeness (QED) is 0.0674. The van der Waals surface area contributed by atoms with Gasteiger partial charge in [-0.2, -0.15) is 0 Å². The number of rotatable bonds is 22. The third-order valence-corrected chi connectivity index (χ3v) is 21.7. The summed E-state index contributed by atoms with van der Waals surface area (Å²) in [6.07, 6.45) is 23.1. The Hall–Kier alpha value is -3.23. The second-order valence-electron chi connectivity index (χ2n) is 16.5. The normalized spacial score (nSPS) is 14.7. The molecule has 312 valence electrons. The number of benzene rings is 2. The molecule has 2 aliphatic rings. The first-order valence-corrected chi connectivity index (χ1v) is 24.9. The maximum atomic E-state index is 18.1. The second-order valence-corrected chi connectivity index (χ2v) is 22.9. The molecule has 0 aromatic heterocycles. The molecule has 0 heterocycles. The fourth-order valence-electron chi connectivity index (χ4n) is 8.56. The zero-order valence-electron chi connectivity index (χ0n) is 35.7. The molecule has 2 aromatic carbocycles. The topological polar surface area (TPSA) is 40.6 Å². The zero-order chi connectivity index (χ0) is 42.0. The van der Waals surface area contributed by atoms with Gasteiger partial charge in [0.05, 0.1) is 0 Å². The minimum atomic E-state index is -5.25. The van der Waals surface area contributed by atoms with Crippen molar-refractivity contribution in [2.75, 3.05) is 22.9 Å². The van der Waals surface area contributed by atoms with Crippen molar-refractivity contribution in [3.63, 3.8) is 0 Å². The first kappa shape index (κ1) is 46.5. The number of carbonyl (C=O) groups is 2. The van der Waals surface area contributed by atoms with Gasteiger partial charge in [0.2, 0.25) is 0 Å². The molecular formula is C48H66F4N2O2Ti. The fraction of sp³-hybridized carbons (Fsp3) is 0.542. The maximum absolute atomic E-state index is 18.1. The Morgan fingerprint density at radius 3 is 1.18 bits per heavy atom. The summed E-state index contributed by atoms with van der Waals surface area (Å²) in [7, 11) is 0. The average molecular weight is 827 g/mol. The molecule has 0 N–H and O–H groups in total. The van der Waals surface area contributed by atoms with Gasteiger partial charge >= 0.3 is 345 Å². The van der Waals surface area contributed by atoms with Gasteiger partial charge in [0.25, 0.3) is 0 Å². The van der Waals surface area contributed by atoms with Gasteiger partial charge < -0.3 is 0 Å². The van der Waals surface area contributed by atoms with Crippen molar-refractivity contribution in [2.24, 2.45) is 10.8 Å². The van der Waals surface area contributed by atoms with E-state index < -0.39 is 59.1 Å². The minimum absolute atomic E-state index is 0.0701. The summed E-state index contributed by atoms with van der Waals surface area (Å²) in [5.74, 6) is -4.20. The summed E-state index contributed by atoms with van der Waals surface area (Å²) in [5, 5.41) is 0. The van der Waals surface area contributed by atoms with Gasteiger partial charge in [-0.05, 0) is 0 Å². The number of halogens is 4. The van der Waals surface area contributed by atoms with Crippen LogP contribution < -0.4 is 17.5 Å². The van der Waals surface area contributed by atoms with Crippen molar-refractivity contribution in [1.29, 1.82) is 0 Å². The van der Waals surface area contributed by atoms with Crippen LogP contribution in [0.25, 0.3) is 0 Å². The number of nitrogens with zero attached hydrogens (tertiary/aromatic N) is 2. The Labute approximate surface area is 343 Å². The predicted molar refractivity (Wildman–Crippen MR) is 226 cm³/mol. The van der Waals surface area contributed by atoms with Crippen molar-refractivity contribution in [3.8, 4) is 0 Å². The molecule has 4 rings (SSSR count). The molecule has 4 nitrogen and oxygen atoms in total. The Kier molecular flexibility index (Phi) is 16.8. The third-order valence-electron chi connectivity index (χ3n) is 13.2. The molecule has 0 aliphatic heterocycles. The van der Waals surface area contributed by atoms with Gasteiger partial charge in [0, 0.05) is 0 Å². The van der Waals surface area contributed by atoms with Crippen molar-refractivity contribution < 1.29 is 43.7 Å². The van der Waals surface area contributed by atoms with E-state index in [0.29, 0.717) is 38.5 Å². The summed E-state index contributed by atoms with van der Waals surface area (Å²) in [6, 6.07) is 5.00. The molecule has 0 radical (unpaired) electrons. The van der Waals surface area contributed by atoms with Crippen molar-refractivity contribution >= 4 is 30.9 Å². The van der Waals surface area contributed by atoms with E-state index in [0.717, 1.165) is 38.5 Å². The van der Waals surface area contributed by atoms with Crippen molar-refractivity contribution in [2.45, 2.75) is 141 Å². The molecule has 0 saturated carbocycles.